The van der Waals surface area contributed by atoms with Crippen LogP contribution in [0.5, 0.6) is 0 Å². The fourth-order valence-electron chi connectivity index (χ4n) is 2.95. The lowest BCUT2D eigenvalue weighted by atomic mass is 10.2. The maximum absolute atomic E-state index is 12.8. The number of hydrogen-bond donors (Lipinski definition) is 1. The second-order valence-electron chi connectivity index (χ2n) is 6.05. The van der Waals surface area contributed by atoms with Gasteiger partial charge in [0.05, 0.1) is 33.4 Å². The Morgan fingerprint density at radius 2 is 2.00 bits per heavy atom. The Kier molecular flexibility index (Phi) is 4.26. The van der Waals surface area contributed by atoms with E-state index in [-0.39, 0.29) is 5.91 Å². The molecule has 0 fully saturated rings. The Balaban J connectivity index is 1.64. The third-order valence-electron chi connectivity index (χ3n) is 4.21. The molecule has 0 unspecified atom stereocenters. The van der Waals surface area contributed by atoms with E-state index < -0.39 is 0 Å². The lowest BCUT2D eigenvalue weighted by molar-refractivity contribution is 0.102. The van der Waals surface area contributed by atoms with Gasteiger partial charge in [-0.1, -0.05) is 42.5 Å². The molecule has 0 aliphatic heterocycles. The summed E-state index contributed by atoms with van der Waals surface area (Å²) in [4.78, 5) is 17.3. The molecule has 0 atom stereocenters. The summed E-state index contributed by atoms with van der Waals surface area (Å²) >= 11 is 1.48. The lowest BCUT2D eigenvalue weighted by Crippen LogP contribution is -2.14. The minimum absolute atomic E-state index is 0.181. The van der Waals surface area contributed by atoms with Crippen molar-refractivity contribution < 1.29 is 4.79 Å². The van der Waals surface area contributed by atoms with Crippen molar-refractivity contribution in [3.63, 3.8) is 0 Å². The van der Waals surface area contributed by atoms with Crippen molar-refractivity contribution in [2.75, 3.05) is 5.32 Å². The number of rotatable bonds is 4. The van der Waals surface area contributed by atoms with Crippen LogP contribution in [-0.2, 0) is 6.42 Å². The quantitative estimate of drug-likeness (QED) is 0.577. The van der Waals surface area contributed by atoms with Crippen molar-refractivity contribution in [1.29, 1.82) is 0 Å². The van der Waals surface area contributed by atoms with Crippen LogP contribution in [0.1, 0.15) is 28.5 Å². The molecule has 0 aliphatic rings. The molecule has 4 aromatic rings. The number of fused-ring (bicyclic) bond motifs is 1. The number of nitrogens with one attached hydrogen (secondary N) is 1. The SMILES string of the molecule is CCc1c(C(=O)Nc2nc3ccc(C)cc3s2)cnn1-c1ccccc1. The highest BCUT2D eigenvalue weighted by molar-refractivity contribution is 7.22. The van der Waals surface area contributed by atoms with Gasteiger partial charge in [-0.15, -0.1) is 0 Å². The summed E-state index contributed by atoms with van der Waals surface area (Å²) in [7, 11) is 0. The zero-order chi connectivity index (χ0) is 18.1. The first-order valence-electron chi connectivity index (χ1n) is 8.46. The highest BCUT2D eigenvalue weighted by Crippen LogP contribution is 2.27. The molecule has 130 valence electrons. The fraction of sp³-hybridized carbons (Fsp3) is 0.150. The van der Waals surface area contributed by atoms with Gasteiger partial charge in [0.1, 0.15) is 0 Å². The molecule has 5 nitrogen and oxygen atoms in total. The third kappa shape index (κ3) is 2.99. The first-order valence-corrected chi connectivity index (χ1v) is 9.28. The van der Waals surface area contributed by atoms with Crippen LogP contribution < -0.4 is 5.32 Å². The summed E-state index contributed by atoms with van der Waals surface area (Å²) in [5.41, 5.74) is 4.47. The largest absolute Gasteiger partial charge is 0.298 e. The van der Waals surface area contributed by atoms with Gasteiger partial charge in [-0.25, -0.2) is 9.67 Å². The van der Waals surface area contributed by atoms with Gasteiger partial charge in [0, 0.05) is 0 Å². The molecule has 2 aromatic carbocycles. The van der Waals surface area contributed by atoms with Crippen LogP contribution in [0.4, 0.5) is 5.13 Å². The summed E-state index contributed by atoms with van der Waals surface area (Å²) in [5.74, 6) is -0.181. The Bertz CT molecular complexity index is 1080. The Hall–Kier alpha value is -2.99. The zero-order valence-electron chi connectivity index (χ0n) is 14.6. The summed E-state index contributed by atoms with van der Waals surface area (Å²) in [6, 6.07) is 15.9. The van der Waals surface area contributed by atoms with E-state index in [0.717, 1.165) is 21.6 Å². The Morgan fingerprint density at radius 1 is 1.19 bits per heavy atom. The number of thiazole rings is 1. The fourth-order valence-corrected chi connectivity index (χ4v) is 3.90. The number of anilines is 1. The standard InChI is InChI=1S/C20H18N4OS/c1-3-17-15(12-21-24(17)14-7-5-4-6-8-14)19(25)23-20-22-16-10-9-13(2)11-18(16)26-20/h4-12H,3H2,1-2H3,(H,22,23,25). The molecule has 1 amide bonds. The highest BCUT2D eigenvalue weighted by atomic mass is 32.1. The number of carbonyl (C=O) groups is 1. The maximum atomic E-state index is 12.8. The van der Waals surface area contributed by atoms with Crippen molar-refractivity contribution in [2.24, 2.45) is 0 Å². The number of carbonyl (C=O) groups excluding carboxylic acids is 1. The average molecular weight is 362 g/mol. The van der Waals surface area contributed by atoms with Crippen molar-refractivity contribution in [3.05, 3.63) is 71.5 Å². The molecule has 2 aromatic heterocycles. The second kappa shape index (κ2) is 6.72. The van der Waals surface area contributed by atoms with Gasteiger partial charge in [0.25, 0.3) is 5.91 Å². The predicted octanol–water partition coefficient (Wildman–Crippen LogP) is 4.61. The minimum Gasteiger partial charge on any atom is -0.298 e. The number of para-hydroxylation sites is 1. The van der Waals surface area contributed by atoms with Gasteiger partial charge in [-0.3, -0.25) is 10.1 Å². The zero-order valence-corrected chi connectivity index (χ0v) is 15.4. The van der Waals surface area contributed by atoms with Crippen molar-refractivity contribution >= 4 is 32.6 Å². The van der Waals surface area contributed by atoms with E-state index in [9.17, 15) is 4.79 Å². The first-order chi connectivity index (χ1) is 12.7. The molecule has 26 heavy (non-hydrogen) atoms. The molecular weight excluding hydrogens is 344 g/mol. The van der Waals surface area contributed by atoms with Crippen LogP contribution >= 0.6 is 11.3 Å². The number of benzene rings is 2. The number of hydrogen-bond acceptors (Lipinski definition) is 4. The topological polar surface area (TPSA) is 59.8 Å². The average Bonchev–Trinajstić information content (AvgIpc) is 3.25. The van der Waals surface area contributed by atoms with Crippen LogP contribution in [0.2, 0.25) is 0 Å². The molecule has 2 heterocycles. The van der Waals surface area contributed by atoms with E-state index in [1.807, 2.05) is 61.0 Å². The number of nitrogens with zero attached hydrogens (tertiary/aromatic N) is 3. The first kappa shape index (κ1) is 16.5. The molecule has 0 spiro atoms. The normalized spacial score (nSPS) is 11.0. The van der Waals surface area contributed by atoms with Gasteiger partial charge in [-0.2, -0.15) is 5.10 Å². The molecule has 0 aliphatic carbocycles. The van der Waals surface area contributed by atoms with E-state index in [1.165, 1.54) is 16.9 Å². The van der Waals surface area contributed by atoms with E-state index in [1.54, 1.807) is 6.20 Å². The second-order valence-corrected chi connectivity index (χ2v) is 7.08. The van der Waals surface area contributed by atoms with Gasteiger partial charge < -0.3 is 0 Å². The summed E-state index contributed by atoms with van der Waals surface area (Å²) in [5, 5.41) is 7.94. The molecule has 0 saturated heterocycles. The van der Waals surface area contributed by atoms with E-state index >= 15 is 0 Å². The van der Waals surface area contributed by atoms with Gasteiger partial charge in [0.2, 0.25) is 0 Å². The van der Waals surface area contributed by atoms with E-state index in [2.05, 4.69) is 21.5 Å². The number of aromatic nitrogens is 3. The summed E-state index contributed by atoms with van der Waals surface area (Å²) < 4.78 is 2.88. The van der Waals surface area contributed by atoms with Crippen LogP contribution in [0.3, 0.4) is 0 Å². The van der Waals surface area contributed by atoms with Crippen molar-refractivity contribution in [2.45, 2.75) is 20.3 Å². The monoisotopic (exact) mass is 362 g/mol. The molecule has 0 radical (unpaired) electrons. The van der Waals surface area contributed by atoms with Crippen LogP contribution in [-0.4, -0.2) is 20.7 Å². The van der Waals surface area contributed by atoms with Gasteiger partial charge >= 0.3 is 0 Å². The van der Waals surface area contributed by atoms with Crippen LogP contribution in [0, 0.1) is 6.92 Å². The number of aryl methyl sites for hydroxylation is 1. The molecule has 4 rings (SSSR count). The smallest absolute Gasteiger partial charge is 0.260 e. The Labute approximate surface area is 155 Å². The van der Waals surface area contributed by atoms with Gasteiger partial charge in [-0.05, 0) is 43.2 Å². The Morgan fingerprint density at radius 3 is 2.77 bits per heavy atom. The van der Waals surface area contributed by atoms with Crippen molar-refractivity contribution in [1.82, 2.24) is 14.8 Å². The lowest BCUT2D eigenvalue weighted by Gasteiger charge is -2.07. The van der Waals surface area contributed by atoms with Gasteiger partial charge in [0.15, 0.2) is 5.13 Å². The number of amides is 1. The summed E-state index contributed by atoms with van der Waals surface area (Å²) in [6.07, 6.45) is 2.33. The van der Waals surface area contributed by atoms with E-state index in [0.29, 0.717) is 17.1 Å². The van der Waals surface area contributed by atoms with Crippen LogP contribution in [0.15, 0.2) is 54.7 Å². The maximum Gasteiger partial charge on any atom is 0.260 e. The van der Waals surface area contributed by atoms with Crippen molar-refractivity contribution in [3.8, 4) is 5.69 Å². The van der Waals surface area contributed by atoms with E-state index in [4.69, 9.17) is 0 Å². The molecule has 0 saturated carbocycles. The predicted molar refractivity (Wildman–Crippen MR) is 105 cm³/mol. The van der Waals surface area contributed by atoms with Crippen LogP contribution in [0.25, 0.3) is 15.9 Å². The molecule has 1 N–H and O–H groups in total. The molecular formula is C20H18N4OS. The third-order valence-corrected chi connectivity index (χ3v) is 5.15. The minimum atomic E-state index is -0.181. The summed E-state index contributed by atoms with van der Waals surface area (Å²) in [6.45, 7) is 4.07. The molecule has 0 bridgehead atoms. The molecule has 6 heteroatoms. The highest BCUT2D eigenvalue weighted by Gasteiger charge is 2.18.